The Hall–Kier alpha value is -0.980. The van der Waals surface area contributed by atoms with Crippen LogP contribution < -0.4 is 33.2 Å². The minimum atomic E-state index is -1.33. The molecule has 2 heterocycles. The van der Waals surface area contributed by atoms with Gasteiger partial charge in [0.1, 0.15) is 35.8 Å². The van der Waals surface area contributed by atoms with Gasteiger partial charge < -0.3 is 72.5 Å². The Balaban J connectivity index is 1.76. The van der Waals surface area contributed by atoms with E-state index >= 15 is 0 Å². The minimum Gasteiger partial charge on any atom is -0.467 e. The summed E-state index contributed by atoms with van der Waals surface area (Å²) in [4.78, 5) is 0. The molecule has 0 bridgehead atoms. The molecule has 0 aromatic carbocycles. The highest BCUT2D eigenvalue weighted by Gasteiger charge is 2.51. The fraction of sp³-hybridized carbons (Fsp3) is 0.917. The van der Waals surface area contributed by atoms with E-state index in [1.807, 2.05) is 13.0 Å². The highest BCUT2D eigenvalue weighted by Crippen LogP contribution is 2.32. The normalized spacial score (nSPS) is 42.8. The third-order valence-corrected chi connectivity index (χ3v) is 7.41. The molecule has 3 rings (SSSR count). The van der Waals surface area contributed by atoms with E-state index < -0.39 is 72.9 Å². The van der Waals surface area contributed by atoms with Gasteiger partial charge >= 0.3 is 0 Å². The standard InChI is InChI=1S/C24H48N6O8/c1-4-29-10-13-5-6-14(26)22(36-13)37-19-15(27)7-16(30-9-12(31)8-25)20(17(19)32)38-23-18(33)21(28-3)24(2,34)11-35-23/h5,12,14-23,28-34H,4,6-11,25-27H2,1-3H3/t12?,14-,15+,16-,17+,18-,19?,20+,21-,22-,23-,24+/m1/s1. The van der Waals surface area contributed by atoms with Gasteiger partial charge in [0.15, 0.2) is 6.29 Å². The number of aliphatic hydroxyl groups is 4. The van der Waals surface area contributed by atoms with Crippen molar-refractivity contribution < 1.29 is 39.4 Å². The monoisotopic (exact) mass is 548 g/mol. The first kappa shape index (κ1) is 31.5. The van der Waals surface area contributed by atoms with Crippen molar-refractivity contribution in [2.24, 2.45) is 17.2 Å². The molecule has 0 amide bonds. The molecule has 2 aliphatic heterocycles. The molecule has 14 nitrogen and oxygen atoms in total. The Morgan fingerprint density at radius 2 is 1.87 bits per heavy atom. The van der Waals surface area contributed by atoms with Gasteiger partial charge in [-0.15, -0.1) is 0 Å². The van der Waals surface area contributed by atoms with Crippen LogP contribution in [0.5, 0.6) is 0 Å². The molecule has 1 saturated heterocycles. The molecule has 2 unspecified atom stereocenters. The summed E-state index contributed by atoms with van der Waals surface area (Å²) in [7, 11) is 1.62. The van der Waals surface area contributed by atoms with E-state index in [2.05, 4.69) is 16.0 Å². The molecule has 1 saturated carbocycles. The number of nitrogens with two attached hydrogens (primary N) is 3. The van der Waals surface area contributed by atoms with E-state index in [-0.39, 0.29) is 19.7 Å². The Morgan fingerprint density at radius 1 is 1.16 bits per heavy atom. The summed E-state index contributed by atoms with van der Waals surface area (Å²) < 4.78 is 23.9. The van der Waals surface area contributed by atoms with Gasteiger partial charge in [0.25, 0.3) is 0 Å². The van der Waals surface area contributed by atoms with Crippen LogP contribution in [0.3, 0.4) is 0 Å². The largest absolute Gasteiger partial charge is 0.467 e. The third kappa shape index (κ3) is 7.60. The summed E-state index contributed by atoms with van der Waals surface area (Å²) in [6, 6.07) is -2.36. The molecule has 0 spiro atoms. The summed E-state index contributed by atoms with van der Waals surface area (Å²) in [5.41, 5.74) is 16.9. The van der Waals surface area contributed by atoms with Crippen molar-refractivity contribution >= 4 is 0 Å². The van der Waals surface area contributed by atoms with Crippen LogP contribution in [0, 0.1) is 0 Å². The maximum Gasteiger partial charge on any atom is 0.215 e. The van der Waals surface area contributed by atoms with Crippen molar-refractivity contribution in [1.82, 2.24) is 16.0 Å². The third-order valence-electron chi connectivity index (χ3n) is 7.41. The smallest absolute Gasteiger partial charge is 0.215 e. The fourth-order valence-electron chi connectivity index (χ4n) is 5.20. The first-order chi connectivity index (χ1) is 18.0. The Kier molecular flexibility index (Phi) is 11.7. The Bertz CT molecular complexity index is 763. The van der Waals surface area contributed by atoms with Crippen molar-refractivity contribution in [3.63, 3.8) is 0 Å². The van der Waals surface area contributed by atoms with Crippen molar-refractivity contribution in [1.29, 1.82) is 0 Å². The molecule has 222 valence electrons. The molecule has 0 radical (unpaired) electrons. The van der Waals surface area contributed by atoms with Gasteiger partial charge in [-0.1, -0.05) is 6.92 Å². The molecule has 0 aromatic heterocycles. The predicted molar refractivity (Wildman–Crippen MR) is 139 cm³/mol. The SMILES string of the molecule is CCNCC1=CC[C@@H](N)[C@@H](OC2[C@@H](N)C[C@@H](NCC(O)CN)[C@H](O[C@H]3OC[C@](C)(O)[C@H](NC)[C@H]3O)[C@H]2O)O1. The molecule has 1 aliphatic carbocycles. The summed E-state index contributed by atoms with van der Waals surface area (Å²) in [5.74, 6) is 0.699. The second-order valence-corrected chi connectivity index (χ2v) is 10.6. The molecule has 38 heavy (non-hydrogen) atoms. The van der Waals surface area contributed by atoms with Gasteiger partial charge in [-0.25, -0.2) is 0 Å². The molecule has 12 atom stereocenters. The second-order valence-electron chi connectivity index (χ2n) is 10.6. The number of rotatable bonds is 12. The second kappa shape index (κ2) is 14.1. The molecular weight excluding hydrogens is 500 g/mol. The van der Waals surface area contributed by atoms with Crippen molar-refractivity contribution in [2.45, 2.75) is 99.6 Å². The van der Waals surface area contributed by atoms with Crippen LogP contribution in [-0.2, 0) is 18.9 Å². The van der Waals surface area contributed by atoms with E-state index in [4.69, 9.17) is 36.1 Å². The molecule has 0 aromatic rings. The summed E-state index contributed by atoms with van der Waals surface area (Å²) >= 11 is 0. The summed E-state index contributed by atoms with van der Waals surface area (Å²) in [6.07, 6.45) is -4.41. The molecule has 14 heteroatoms. The van der Waals surface area contributed by atoms with Crippen LogP contribution in [0.1, 0.15) is 26.7 Å². The average molecular weight is 549 g/mol. The zero-order valence-electron chi connectivity index (χ0n) is 22.5. The maximum absolute atomic E-state index is 11.5. The van der Waals surface area contributed by atoms with Crippen LogP contribution in [0.2, 0.25) is 0 Å². The maximum atomic E-state index is 11.5. The van der Waals surface area contributed by atoms with E-state index in [9.17, 15) is 20.4 Å². The quantitative estimate of drug-likeness (QED) is 0.111. The Morgan fingerprint density at radius 3 is 2.53 bits per heavy atom. The van der Waals surface area contributed by atoms with Gasteiger partial charge in [0.05, 0.1) is 31.3 Å². The molecule has 3 aliphatic rings. The first-order valence-corrected chi connectivity index (χ1v) is 13.4. The van der Waals surface area contributed by atoms with Gasteiger partial charge in [-0.3, -0.25) is 0 Å². The lowest BCUT2D eigenvalue weighted by molar-refractivity contribution is -0.304. The summed E-state index contributed by atoms with van der Waals surface area (Å²) in [5, 5.41) is 52.2. The molecule has 2 fully saturated rings. The van der Waals surface area contributed by atoms with Gasteiger partial charge in [0, 0.05) is 25.2 Å². The lowest BCUT2D eigenvalue weighted by Crippen LogP contribution is -2.69. The van der Waals surface area contributed by atoms with Gasteiger partial charge in [-0.05, 0) is 39.4 Å². The van der Waals surface area contributed by atoms with E-state index in [0.29, 0.717) is 25.1 Å². The number of aliphatic hydroxyl groups excluding tert-OH is 3. The number of nitrogens with one attached hydrogen (secondary N) is 3. The molecule has 13 N–H and O–H groups in total. The predicted octanol–water partition coefficient (Wildman–Crippen LogP) is -4.25. The highest BCUT2D eigenvalue weighted by molar-refractivity contribution is 5.05. The summed E-state index contributed by atoms with van der Waals surface area (Å²) in [6.45, 7) is 4.93. The van der Waals surface area contributed by atoms with Crippen LogP contribution in [0.4, 0.5) is 0 Å². The van der Waals surface area contributed by atoms with E-state index in [1.165, 1.54) is 0 Å². The van der Waals surface area contributed by atoms with Crippen molar-refractivity contribution in [2.75, 3.05) is 39.8 Å². The number of ether oxygens (including phenoxy) is 4. The van der Waals surface area contributed by atoms with Crippen LogP contribution in [-0.4, -0.2) is 133 Å². The van der Waals surface area contributed by atoms with E-state index in [1.54, 1.807) is 14.0 Å². The van der Waals surface area contributed by atoms with E-state index in [0.717, 1.165) is 6.54 Å². The average Bonchev–Trinajstić information content (AvgIpc) is 2.88. The lowest BCUT2D eigenvalue weighted by atomic mass is 9.83. The molecular formula is C24H48N6O8. The zero-order valence-corrected chi connectivity index (χ0v) is 22.5. The minimum absolute atomic E-state index is 0.0502. The lowest BCUT2D eigenvalue weighted by Gasteiger charge is -2.49. The van der Waals surface area contributed by atoms with Gasteiger partial charge in [0.2, 0.25) is 6.29 Å². The fourth-order valence-corrected chi connectivity index (χ4v) is 5.20. The van der Waals surface area contributed by atoms with Gasteiger partial charge in [-0.2, -0.15) is 0 Å². The first-order valence-electron chi connectivity index (χ1n) is 13.4. The number of hydrogen-bond acceptors (Lipinski definition) is 14. The number of likely N-dealkylation sites (N-methyl/N-ethyl adjacent to an activating group) is 2. The van der Waals surface area contributed by atoms with Crippen LogP contribution in [0.15, 0.2) is 11.8 Å². The number of hydrogen-bond donors (Lipinski definition) is 10. The van der Waals surface area contributed by atoms with Crippen molar-refractivity contribution in [3.8, 4) is 0 Å². The van der Waals surface area contributed by atoms with Crippen LogP contribution >= 0.6 is 0 Å². The topological polar surface area (TPSA) is 232 Å². The zero-order chi connectivity index (χ0) is 28.0. The highest BCUT2D eigenvalue weighted by atomic mass is 16.7. The van der Waals surface area contributed by atoms with Crippen LogP contribution in [0.25, 0.3) is 0 Å². The van der Waals surface area contributed by atoms with Crippen molar-refractivity contribution in [3.05, 3.63) is 11.8 Å². The Labute approximate surface area is 224 Å².